The number of aliphatic hydroxyl groups is 1. The van der Waals surface area contributed by atoms with Crippen molar-refractivity contribution in [3.8, 4) is 0 Å². The second-order valence-corrected chi connectivity index (χ2v) is 5.78. The van der Waals surface area contributed by atoms with Crippen molar-refractivity contribution in [1.82, 2.24) is 9.80 Å². The van der Waals surface area contributed by atoms with Gasteiger partial charge in [-0.15, -0.1) is 0 Å². The van der Waals surface area contributed by atoms with Crippen LogP contribution in [0.5, 0.6) is 0 Å². The Labute approximate surface area is 120 Å². The third-order valence-corrected chi connectivity index (χ3v) is 4.24. The lowest BCUT2D eigenvalue weighted by atomic mass is 9.76. The van der Waals surface area contributed by atoms with Crippen LogP contribution in [0.4, 0.5) is 4.79 Å². The normalized spacial score (nSPS) is 22.4. The number of amides is 2. The molecule has 1 unspecified atom stereocenters. The minimum Gasteiger partial charge on any atom is -0.481 e. The van der Waals surface area contributed by atoms with Gasteiger partial charge in [-0.05, 0) is 18.8 Å². The maximum atomic E-state index is 12.4. The summed E-state index contributed by atoms with van der Waals surface area (Å²) in [5, 5.41) is 18.5. The van der Waals surface area contributed by atoms with Gasteiger partial charge in [-0.1, -0.05) is 20.8 Å². The van der Waals surface area contributed by atoms with Gasteiger partial charge in [-0.25, -0.2) is 4.79 Å². The van der Waals surface area contributed by atoms with Crippen molar-refractivity contribution < 1.29 is 19.8 Å². The van der Waals surface area contributed by atoms with Crippen LogP contribution in [0.2, 0.25) is 0 Å². The van der Waals surface area contributed by atoms with Gasteiger partial charge in [-0.3, -0.25) is 4.79 Å². The van der Waals surface area contributed by atoms with E-state index in [0.29, 0.717) is 26.1 Å². The average molecular weight is 286 g/mol. The number of nitrogens with zero attached hydrogens (tertiary/aromatic N) is 2. The summed E-state index contributed by atoms with van der Waals surface area (Å²) in [4.78, 5) is 27.2. The molecular weight excluding hydrogens is 260 g/mol. The molecule has 6 nitrogen and oxygen atoms in total. The largest absolute Gasteiger partial charge is 0.481 e. The lowest BCUT2D eigenvalue weighted by Gasteiger charge is -2.31. The third-order valence-electron chi connectivity index (χ3n) is 4.24. The van der Waals surface area contributed by atoms with E-state index in [0.717, 1.165) is 6.42 Å². The smallest absolute Gasteiger partial charge is 0.320 e. The topological polar surface area (TPSA) is 81.1 Å². The number of carbonyl (C=O) groups excluding carboxylic acids is 1. The Morgan fingerprint density at radius 1 is 1.35 bits per heavy atom. The van der Waals surface area contributed by atoms with Crippen molar-refractivity contribution in [2.75, 3.05) is 32.8 Å². The molecule has 2 N–H and O–H groups in total. The van der Waals surface area contributed by atoms with Gasteiger partial charge in [0.2, 0.25) is 0 Å². The van der Waals surface area contributed by atoms with Gasteiger partial charge < -0.3 is 20.0 Å². The van der Waals surface area contributed by atoms with E-state index in [1.807, 2.05) is 20.8 Å². The van der Waals surface area contributed by atoms with Crippen molar-refractivity contribution in [2.24, 2.45) is 11.3 Å². The highest BCUT2D eigenvalue weighted by Gasteiger charge is 2.48. The number of hydrogen-bond donors (Lipinski definition) is 2. The fourth-order valence-electron chi connectivity index (χ4n) is 2.78. The van der Waals surface area contributed by atoms with Crippen LogP contribution in [-0.2, 0) is 4.79 Å². The molecule has 2 amide bonds. The molecule has 0 saturated carbocycles. The van der Waals surface area contributed by atoms with Crippen LogP contribution in [0.3, 0.4) is 0 Å². The molecule has 1 atom stereocenters. The number of carboxylic acid groups (broad SMARTS) is 1. The van der Waals surface area contributed by atoms with Gasteiger partial charge in [0.25, 0.3) is 0 Å². The number of likely N-dealkylation sites (tertiary alicyclic amines) is 1. The van der Waals surface area contributed by atoms with Gasteiger partial charge in [0.05, 0.1) is 12.0 Å². The lowest BCUT2D eigenvalue weighted by molar-refractivity contribution is -0.150. The highest BCUT2D eigenvalue weighted by molar-refractivity contribution is 5.80. The maximum absolute atomic E-state index is 12.4. The molecule has 20 heavy (non-hydrogen) atoms. The first-order valence-corrected chi connectivity index (χ1v) is 7.27. The minimum atomic E-state index is -0.841. The first-order valence-electron chi connectivity index (χ1n) is 7.27. The Kier molecular flexibility index (Phi) is 5.80. The second-order valence-electron chi connectivity index (χ2n) is 5.78. The highest BCUT2D eigenvalue weighted by atomic mass is 16.4. The zero-order valence-corrected chi connectivity index (χ0v) is 12.6. The minimum absolute atomic E-state index is 0.0183. The van der Waals surface area contributed by atoms with E-state index >= 15 is 0 Å². The van der Waals surface area contributed by atoms with E-state index in [-0.39, 0.29) is 25.1 Å². The monoisotopic (exact) mass is 286 g/mol. The van der Waals surface area contributed by atoms with Crippen LogP contribution in [-0.4, -0.2) is 64.8 Å². The molecule has 1 heterocycles. The molecule has 116 valence electrons. The van der Waals surface area contributed by atoms with E-state index in [1.54, 1.807) is 9.80 Å². The zero-order valence-electron chi connectivity index (χ0n) is 12.6. The second kappa shape index (κ2) is 6.92. The van der Waals surface area contributed by atoms with Crippen LogP contribution in [0.15, 0.2) is 0 Å². The summed E-state index contributed by atoms with van der Waals surface area (Å²) in [5.41, 5.74) is -0.841. The number of rotatable bonds is 6. The molecule has 6 heteroatoms. The van der Waals surface area contributed by atoms with Gasteiger partial charge in [0.15, 0.2) is 0 Å². The first kappa shape index (κ1) is 16.8. The number of hydrogen-bond acceptors (Lipinski definition) is 3. The summed E-state index contributed by atoms with van der Waals surface area (Å²) in [5.74, 6) is -0.845. The lowest BCUT2D eigenvalue weighted by Crippen LogP contribution is -2.46. The number of aliphatic carboxylic acids is 1. The standard InChI is InChI=1S/C14H26N2O4/c1-4-6-15(8-9-17)13(20)16-7-5-14(10-16,11(2)3)12(18)19/h11,17H,4-10H2,1-3H3,(H,18,19). The average Bonchev–Trinajstić information content (AvgIpc) is 2.84. The van der Waals surface area contributed by atoms with E-state index in [4.69, 9.17) is 5.11 Å². The fourth-order valence-corrected chi connectivity index (χ4v) is 2.78. The Morgan fingerprint density at radius 3 is 2.40 bits per heavy atom. The molecule has 1 aliphatic rings. The van der Waals surface area contributed by atoms with Gasteiger partial charge in [-0.2, -0.15) is 0 Å². The Balaban J connectivity index is 2.79. The molecule has 1 aliphatic heterocycles. The predicted molar refractivity (Wildman–Crippen MR) is 75.4 cm³/mol. The van der Waals surface area contributed by atoms with E-state index in [9.17, 15) is 14.7 Å². The van der Waals surface area contributed by atoms with Crippen molar-refractivity contribution in [3.63, 3.8) is 0 Å². The molecule has 0 radical (unpaired) electrons. The summed E-state index contributed by atoms with van der Waals surface area (Å²) in [6, 6.07) is -0.162. The van der Waals surface area contributed by atoms with E-state index < -0.39 is 11.4 Å². The molecule has 0 aromatic heterocycles. The Bertz CT molecular complexity index is 353. The molecule has 1 rings (SSSR count). The summed E-state index contributed by atoms with van der Waals surface area (Å²) < 4.78 is 0. The van der Waals surface area contributed by atoms with Crippen molar-refractivity contribution in [3.05, 3.63) is 0 Å². The zero-order chi connectivity index (χ0) is 15.3. The van der Waals surface area contributed by atoms with E-state index in [2.05, 4.69) is 0 Å². The van der Waals surface area contributed by atoms with Crippen molar-refractivity contribution in [1.29, 1.82) is 0 Å². The molecule has 0 bridgehead atoms. The molecule has 1 fully saturated rings. The van der Waals surface area contributed by atoms with E-state index in [1.165, 1.54) is 0 Å². The van der Waals surface area contributed by atoms with Crippen LogP contribution in [0.1, 0.15) is 33.6 Å². The van der Waals surface area contributed by atoms with Crippen LogP contribution < -0.4 is 0 Å². The van der Waals surface area contributed by atoms with Crippen molar-refractivity contribution >= 4 is 12.0 Å². The predicted octanol–water partition coefficient (Wildman–Crippen LogP) is 1.24. The molecule has 1 saturated heterocycles. The van der Waals surface area contributed by atoms with Crippen LogP contribution in [0, 0.1) is 11.3 Å². The fraction of sp³-hybridized carbons (Fsp3) is 0.857. The highest BCUT2D eigenvalue weighted by Crippen LogP contribution is 2.38. The number of carbonyl (C=O) groups is 2. The molecule has 0 spiro atoms. The summed E-state index contributed by atoms with van der Waals surface area (Å²) in [6.07, 6.45) is 1.30. The number of urea groups is 1. The Morgan fingerprint density at radius 2 is 2.00 bits per heavy atom. The van der Waals surface area contributed by atoms with Crippen LogP contribution in [0.25, 0.3) is 0 Å². The first-order chi connectivity index (χ1) is 9.39. The summed E-state index contributed by atoms with van der Waals surface area (Å²) in [6.45, 7) is 7.27. The van der Waals surface area contributed by atoms with Gasteiger partial charge in [0.1, 0.15) is 0 Å². The number of carboxylic acids is 1. The van der Waals surface area contributed by atoms with Crippen molar-refractivity contribution in [2.45, 2.75) is 33.6 Å². The molecule has 0 aliphatic carbocycles. The van der Waals surface area contributed by atoms with Gasteiger partial charge in [0, 0.05) is 26.2 Å². The Hall–Kier alpha value is -1.30. The molecule has 0 aromatic rings. The molecule has 0 aromatic carbocycles. The summed E-state index contributed by atoms with van der Waals surface area (Å²) in [7, 11) is 0. The molecular formula is C14H26N2O4. The quantitative estimate of drug-likeness (QED) is 0.770. The van der Waals surface area contributed by atoms with Crippen LogP contribution >= 0.6 is 0 Å². The number of aliphatic hydroxyl groups excluding tert-OH is 1. The SMILES string of the molecule is CCCN(CCO)C(=O)N1CCC(C(=O)O)(C(C)C)C1. The third kappa shape index (κ3) is 3.23. The van der Waals surface area contributed by atoms with Gasteiger partial charge >= 0.3 is 12.0 Å². The maximum Gasteiger partial charge on any atom is 0.320 e. The summed E-state index contributed by atoms with van der Waals surface area (Å²) >= 11 is 0.